The second-order valence-corrected chi connectivity index (χ2v) is 5.23. The summed E-state index contributed by atoms with van der Waals surface area (Å²) in [5.41, 5.74) is 2.37. The highest BCUT2D eigenvalue weighted by Gasteiger charge is 2.12. The molecule has 1 aromatic carbocycles. The molecule has 0 aliphatic heterocycles. The van der Waals surface area contributed by atoms with E-state index in [0.717, 1.165) is 12.3 Å². The first-order valence-electron chi connectivity index (χ1n) is 7.00. The largest absolute Gasteiger partial charge is 0.496 e. The Morgan fingerprint density at radius 1 is 1.25 bits per heavy atom. The summed E-state index contributed by atoms with van der Waals surface area (Å²) in [5, 5.41) is 3.53. The molecular weight excluding hydrogens is 250 g/mol. The predicted octanol–water partition coefficient (Wildman–Crippen LogP) is 3.32. The van der Waals surface area contributed by atoms with Gasteiger partial charge < -0.3 is 14.6 Å². The van der Waals surface area contributed by atoms with Crippen molar-refractivity contribution in [2.45, 2.75) is 39.4 Å². The third kappa shape index (κ3) is 3.20. The second kappa shape index (κ2) is 6.57. The Labute approximate surface area is 120 Å². The molecule has 0 fully saturated rings. The summed E-state index contributed by atoms with van der Waals surface area (Å²) < 4.78 is 7.59. The number of hydrogen-bond acceptors (Lipinski definition) is 3. The number of nitrogens with zero attached hydrogens (tertiary/aromatic N) is 2. The molecule has 4 nitrogen and oxygen atoms in total. The summed E-state index contributed by atoms with van der Waals surface area (Å²) in [4.78, 5) is 4.23. The Hall–Kier alpha value is -1.81. The molecule has 0 amide bonds. The molecule has 108 valence electrons. The van der Waals surface area contributed by atoms with Crippen LogP contribution in [0.1, 0.15) is 44.1 Å². The number of para-hydroxylation sites is 1. The molecule has 0 unspecified atom stereocenters. The van der Waals surface area contributed by atoms with Crippen LogP contribution >= 0.6 is 0 Å². The lowest BCUT2D eigenvalue weighted by Gasteiger charge is -2.18. The summed E-state index contributed by atoms with van der Waals surface area (Å²) in [5.74, 6) is 0.921. The van der Waals surface area contributed by atoms with Gasteiger partial charge in [-0.05, 0) is 26.8 Å². The first-order chi connectivity index (χ1) is 9.63. The maximum absolute atomic E-state index is 5.41. The van der Waals surface area contributed by atoms with E-state index in [2.05, 4.69) is 41.7 Å². The molecule has 0 aliphatic carbocycles. The molecule has 2 aromatic rings. The van der Waals surface area contributed by atoms with Crippen LogP contribution in [-0.2, 0) is 6.54 Å². The molecule has 1 N–H and O–H groups in total. The lowest BCUT2D eigenvalue weighted by Crippen LogP contribution is -2.21. The molecule has 1 atom stereocenters. The van der Waals surface area contributed by atoms with Crippen LogP contribution in [0.4, 0.5) is 0 Å². The molecule has 0 aliphatic rings. The Bertz CT molecular complexity index is 548. The Morgan fingerprint density at radius 3 is 2.70 bits per heavy atom. The standard InChI is InChI=1S/C16H23N3O/c1-12(2)19-11-17-9-14(19)10-18-13(3)15-7-5-6-8-16(15)20-4/h5-9,11-13,18H,10H2,1-4H3/t13-/m0/s1. The highest BCUT2D eigenvalue weighted by molar-refractivity contribution is 5.35. The van der Waals surface area contributed by atoms with Crippen molar-refractivity contribution in [2.75, 3.05) is 7.11 Å². The second-order valence-electron chi connectivity index (χ2n) is 5.23. The molecule has 1 aromatic heterocycles. The van der Waals surface area contributed by atoms with Crippen molar-refractivity contribution in [3.63, 3.8) is 0 Å². The zero-order valence-electron chi connectivity index (χ0n) is 12.6. The van der Waals surface area contributed by atoms with Gasteiger partial charge in [0.05, 0.1) is 19.1 Å². The van der Waals surface area contributed by atoms with E-state index >= 15 is 0 Å². The fourth-order valence-electron chi connectivity index (χ4n) is 2.33. The fraction of sp³-hybridized carbons (Fsp3) is 0.438. The SMILES string of the molecule is COc1ccccc1[C@H](C)NCc1cncn1C(C)C. The van der Waals surface area contributed by atoms with E-state index in [1.807, 2.05) is 30.7 Å². The summed E-state index contributed by atoms with van der Waals surface area (Å²) in [6, 6.07) is 8.76. The molecule has 1 heterocycles. The van der Waals surface area contributed by atoms with Crippen LogP contribution in [0.25, 0.3) is 0 Å². The molecule has 0 saturated carbocycles. The normalized spacial score (nSPS) is 12.7. The van der Waals surface area contributed by atoms with Gasteiger partial charge in [-0.1, -0.05) is 18.2 Å². The molecule has 0 radical (unpaired) electrons. The Morgan fingerprint density at radius 2 is 2.00 bits per heavy atom. The van der Waals surface area contributed by atoms with Crippen LogP contribution < -0.4 is 10.1 Å². The van der Waals surface area contributed by atoms with Crippen LogP contribution in [0.2, 0.25) is 0 Å². The number of ether oxygens (including phenoxy) is 1. The molecule has 4 heteroatoms. The average molecular weight is 273 g/mol. The van der Waals surface area contributed by atoms with Crippen molar-refractivity contribution in [2.24, 2.45) is 0 Å². The van der Waals surface area contributed by atoms with Gasteiger partial charge in [-0.2, -0.15) is 0 Å². The van der Waals surface area contributed by atoms with Crippen molar-refractivity contribution in [1.82, 2.24) is 14.9 Å². The minimum Gasteiger partial charge on any atom is -0.496 e. The number of benzene rings is 1. The summed E-state index contributed by atoms with van der Waals surface area (Å²) >= 11 is 0. The van der Waals surface area contributed by atoms with Crippen LogP contribution in [-0.4, -0.2) is 16.7 Å². The van der Waals surface area contributed by atoms with Gasteiger partial charge in [0.15, 0.2) is 0 Å². The predicted molar refractivity (Wildman–Crippen MR) is 80.9 cm³/mol. The number of aromatic nitrogens is 2. The van der Waals surface area contributed by atoms with Crippen LogP contribution in [0.3, 0.4) is 0 Å². The number of imidazole rings is 1. The molecule has 0 bridgehead atoms. The van der Waals surface area contributed by atoms with E-state index in [0.29, 0.717) is 6.04 Å². The number of nitrogens with one attached hydrogen (secondary N) is 1. The van der Waals surface area contributed by atoms with Crippen molar-refractivity contribution >= 4 is 0 Å². The maximum Gasteiger partial charge on any atom is 0.123 e. The van der Waals surface area contributed by atoms with Crippen LogP contribution in [0.15, 0.2) is 36.8 Å². The highest BCUT2D eigenvalue weighted by atomic mass is 16.5. The Kier molecular flexibility index (Phi) is 4.79. The zero-order valence-corrected chi connectivity index (χ0v) is 12.6. The average Bonchev–Trinajstić information content (AvgIpc) is 2.93. The van der Waals surface area contributed by atoms with Crippen molar-refractivity contribution < 1.29 is 4.74 Å². The number of rotatable bonds is 6. The maximum atomic E-state index is 5.41. The van der Waals surface area contributed by atoms with E-state index in [1.165, 1.54) is 11.3 Å². The van der Waals surface area contributed by atoms with Crippen LogP contribution in [0.5, 0.6) is 5.75 Å². The highest BCUT2D eigenvalue weighted by Crippen LogP contribution is 2.24. The van der Waals surface area contributed by atoms with E-state index in [4.69, 9.17) is 4.74 Å². The van der Waals surface area contributed by atoms with Gasteiger partial charge in [-0.25, -0.2) is 4.98 Å². The molecule has 20 heavy (non-hydrogen) atoms. The number of methoxy groups -OCH3 is 1. The molecule has 2 rings (SSSR count). The van der Waals surface area contributed by atoms with Gasteiger partial charge in [0.1, 0.15) is 5.75 Å². The van der Waals surface area contributed by atoms with Gasteiger partial charge in [0.2, 0.25) is 0 Å². The summed E-state index contributed by atoms with van der Waals surface area (Å²) in [6.07, 6.45) is 3.80. The monoisotopic (exact) mass is 273 g/mol. The topological polar surface area (TPSA) is 39.1 Å². The lowest BCUT2D eigenvalue weighted by molar-refractivity contribution is 0.400. The smallest absolute Gasteiger partial charge is 0.123 e. The van der Waals surface area contributed by atoms with E-state index in [9.17, 15) is 0 Å². The van der Waals surface area contributed by atoms with E-state index in [1.54, 1.807) is 7.11 Å². The van der Waals surface area contributed by atoms with Crippen molar-refractivity contribution in [1.29, 1.82) is 0 Å². The molecule has 0 spiro atoms. The Balaban J connectivity index is 2.05. The van der Waals surface area contributed by atoms with Gasteiger partial charge in [0.25, 0.3) is 0 Å². The molecular formula is C16H23N3O. The molecule has 0 saturated heterocycles. The zero-order chi connectivity index (χ0) is 14.5. The van der Waals surface area contributed by atoms with E-state index < -0.39 is 0 Å². The van der Waals surface area contributed by atoms with Gasteiger partial charge >= 0.3 is 0 Å². The lowest BCUT2D eigenvalue weighted by atomic mass is 10.1. The van der Waals surface area contributed by atoms with Crippen molar-refractivity contribution in [3.8, 4) is 5.75 Å². The third-order valence-electron chi connectivity index (χ3n) is 3.50. The van der Waals surface area contributed by atoms with Crippen molar-refractivity contribution in [3.05, 3.63) is 48.0 Å². The minimum atomic E-state index is 0.224. The fourth-order valence-corrected chi connectivity index (χ4v) is 2.33. The summed E-state index contributed by atoms with van der Waals surface area (Å²) in [7, 11) is 1.71. The number of hydrogen-bond donors (Lipinski definition) is 1. The minimum absolute atomic E-state index is 0.224. The quantitative estimate of drug-likeness (QED) is 0.877. The first kappa shape index (κ1) is 14.6. The van der Waals surface area contributed by atoms with Gasteiger partial charge in [0, 0.05) is 30.4 Å². The van der Waals surface area contributed by atoms with E-state index in [-0.39, 0.29) is 6.04 Å². The third-order valence-corrected chi connectivity index (χ3v) is 3.50. The van der Waals surface area contributed by atoms with Gasteiger partial charge in [-0.3, -0.25) is 0 Å². The van der Waals surface area contributed by atoms with Gasteiger partial charge in [-0.15, -0.1) is 0 Å². The first-order valence-corrected chi connectivity index (χ1v) is 7.00. The summed E-state index contributed by atoms with van der Waals surface area (Å²) in [6.45, 7) is 7.26. The van der Waals surface area contributed by atoms with Crippen LogP contribution in [0, 0.1) is 0 Å².